The van der Waals surface area contributed by atoms with Gasteiger partial charge < -0.3 is 19.1 Å². The van der Waals surface area contributed by atoms with Crippen LogP contribution in [0.2, 0.25) is 0 Å². The number of likely N-dealkylation sites (tertiary alicyclic amines) is 1. The van der Waals surface area contributed by atoms with Gasteiger partial charge in [0.15, 0.2) is 15.5 Å². The summed E-state index contributed by atoms with van der Waals surface area (Å²) in [7, 11) is 0.0343. The molecule has 2 aromatic carbocycles. The van der Waals surface area contributed by atoms with Crippen LogP contribution in [0.5, 0.6) is 17.4 Å². The van der Waals surface area contributed by atoms with Crippen LogP contribution < -0.4 is 14.2 Å². The standard InChI is InChI=1S/C27H30N5O5S/c1-35-22-7-4-19(25(16-22)36-2)10-13-31-14-11-21(12-15-31)37-27-24-17-30-32(26(24)28-18-29-27)20-5-8-23(9-6-20)38(3,33)34/h4-10,16-18,21H,11-15H2,1-3H3. The van der Waals surface area contributed by atoms with Crippen LogP contribution in [0.4, 0.5) is 0 Å². The number of hydrogen-bond acceptors (Lipinski definition) is 9. The number of hydrogen-bond donors (Lipinski definition) is 0. The summed E-state index contributed by atoms with van der Waals surface area (Å²) in [5, 5.41) is 5.17. The number of aromatic nitrogens is 4. The van der Waals surface area contributed by atoms with E-state index in [1.807, 2.05) is 18.2 Å². The van der Waals surface area contributed by atoms with E-state index in [-0.39, 0.29) is 11.0 Å². The van der Waals surface area contributed by atoms with Crippen molar-refractivity contribution in [2.24, 2.45) is 0 Å². The molecule has 1 radical (unpaired) electrons. The minimum atomic E-state index is -3.27. The Bertz CT molecular complexity index is 1510. The zero-order valence-corrected chi connectivity index (χ0v) is 22.4. The van der Waals surface area contributed by atoms with Gasteiger partial charge in [-0.25, -0.2) is 23.1 Å². The van der Waals surface area contributed by atoms with Crippen molar-refractivity contribution in [2.75, 3.05) is 40.1 Å². The summed E-state index contributed by atoms with van der Waals surface area (Å²) in [5.41, 5.74) is 2.34. The highest BCUT2D eigenvalue weighted by Gasteiger charge is 2.23. The molecule has 0 aliphatic carbocycles. The zero-order valence-electron chi connectivity index (χ0n) is 21.6. The molecule has 0 amide bonds. The Morgan fingerprint density at radius 1 is 1.03 bits per heavy atom. The van der Waals surface area contributed by atoms with Crippen molar-refractivity contribution in [3.05, 3.63) is 67.0 Å². The van der Waals surface area contributed by atoms with Crippen LogP contribution in [-0.2, 0) is 9.84 Å². The average Bonchev–Trinajstić information content (AvgIpc) is 3.37. The third kappa shape index (κ3) is 5.58. The van der Waals surface area contributed by atoms with Crippen LogP contribution in [-0.4, -0.2) is 79.3 Å². The van der Waals surface area contributed by atoms with Gasteiger partial charge >= 0.3 is 0 Å². The van der Waals surface area contributed by atoms with Gasteiger partial charge in [-0.05, 0) is 48.7 Å². The van der Waals surface area contributed by atoms with Gasteiger partial charge in [0.1, 0.15) is 29.3 Å². The van der Waals surface area contributed by atoms with E-state index in [1.54, 1.807) is 49.4 Å². The lowest BCUT2D eigenvalue weighted by molar-refractivity contribution is 0.103. The minimum absolute atomic E-state index is 0.0391. The zero-order chi connectivity index (χ0) is 26.7. The van der Waals surface area contributed by atoms with Crippen LogP contribution in [0, 0.1) is 6.42 Å². The predicted molar refractivity (Wildman–Crippen MR) is 143 cm³/mol. The molecule has 38 heavy (non-hydrogen) atoms. The fourth-order valence-corrected chi connectivity index (χ4v) is 5.15. The number of nitrogens with zero attached hydrogens (tertiary/aromatic N) is 5. The molecule has 1 saturated heterocycles. The molecule has 1 fully saturated rings. The van der Waals surface area contributed by atoms with Crippen LogP contribution in [0.3, 0.4) is 0 Å². The maximum absolute atomic E-state index is 11.8. The van der Waals surface area contributed by atoms with E-state index in [0.29, 0.717) is 22.6 Å². The van der Waals surface area contributed by atoms with Crippen molar-refractivity contribution in [3.63, 3.8) is 0 Å². The van der Waals surface area contributed by atoms with Crippen molar-refractivity contribution < 1.29 is 22.6 Å². The van der Waals surface area contributed by atoms with Crippen LogP contribution >= 0.6 is 0 Å². The van der Waals surface area contributed by atoms with Crippen molar-refractivity contribution >= 4 is 20.9 Å². The lowest BCUT2D eigenvalue weighted by Gasteiger charge is -2.31. The Balaban J connectivity index is 1.21. The molecule has 0 spiro atoms. The van der Waals surface area contributed by atoms with Crippen molar-refractivity contribution in [1.82, 2.24) is 24.6 Å². The summed E-state index contributed by atoms with van der Waals surface area (Å²) >= 11 is 0. The maximum atomic E-state index is 11.8. The summed E-state index contributed by atoms with van der Waals surface area (Å²) in [6.07, 6.45) is 8.29. The molecule has 1 aliphatic heterocycles. The summed E-state index contributed by atoms with van der Waals surface area (Å²) in [6, 6.07) is 12.4. The molecule has 5 rings (SSSR count). The van der Waals surface area contributed by atoms with Crippen LogP contribution in [0.25, 0.3) is 16.7 Å². The van der Waals surface area contributed by atoms with Crippen LogP contribution in [0.1, 0.15) is 18.4 Å². The fraction of sp³-hybridized carbons (Fsp3) is 0.333. The van der Waals surface area contributed by atoms with Crippen molar-refractivity contribution in [3.8, 4) is 23.1 Å². The molecule has 0 bridgehead atoms. The summed E-state index contributed by atoms with van der Waals surface area (Å²) in [6.45, 7) is 2.62. The number of sulfone groups is 1. The summed E-state index contributed by atoms with van der Waals surface area (Å²) in [4.78, 5) is 11.4. The average molecular weight is 537 g/mol. The molecule has 1 aliphatic rings. The van der Waals surface area contributed by atoms with Crippen LogP contribution in [0.15, 0.2) is 59.9 Å². The number of fused-ring (bicyclic) bond motifs is 1. The number of ether oxygens (including phenoxy) is 3. The first-order valence-electron chi connectivity index (χ1n) is 12.3. The summed E-state index contributed by atoms with van der Waals surface area (Å²) < 4.78 is 42.3. The van der Waals surface area contributed by atoms with Crippen molar-refractivity contribution in [2.45, 2.75) is 23.8 Å². The number of piperidine rings is 1. The second-order valence-electron chi connectivity index (χ2n) is 9.17. The molecule has 199 valence electrons. The number of methoxy groups -OCH3 is 2. The molecule has 0 N–H and O–H groups in total. The molecule has 2 aromatic heterocycles. The van der Waals surface area contributed by atoms with E-state index < -0.39 is 9.84 Å². The lowest BCUT2D eigenvalue weighted by atomic mass is 10.1. The highest BCUT2D eigenvalue weighted by Crippen LogP contribution is 2.28. The van der Waals surface area contributed by atoms with E-state index in [4.69, 9.17) is 14.2 Å². The molecule has 0 saturated carbocycles. The summed E-state index contributed by atoms with van der Waals surface area (Å²) in [5.74, 6) is 2.07. The van der Waals surface area contributed by atoms with E-state index in [1.165, 1.54) is 12.6 Å². The van der Waals surface area contributed by atoms with Gasteiger partial charge in [-0.3, -0.25) is 0 Å². The Morgan fingerprint density at radius 3 is 2.47 bits per heavy atom. The quantitative estimate of drug-likeness (QED) is 0.318. The second-order valence-corrected chi connectivity index (χ2v) is 11.2. The van der Waals surface area contributed by atoms with Gasteiger partial charge in [-0.15, -0.1) is 0 Å². The normalized spacial score (nSPS) is 15.0. The number of rotatable bonds is 9. The molecule has 10 nitrogen and oxygen atoms in total. The molecule has 4 aromatic rings. The predicted octanol–water partition coefficient (Wildman–Crippen LogP) is 3.33. The first kappa shape index (κ1) is 25.9. The van der Waals surface area contributed by atoms with E-state index in [9.17, 15) is 8.42 Å². The van der Waals surface area contributed by atoms with Gasteiger partial charge in [0.05, 0.1) is 31.0 Å². The van der Waals surface area contributed by atoms with E-state index in [2.05, 4.69) is 26.4 Å². The fourth-order valence-electron chi connectivity index (χ4n) is 4.52. The van der Waals surface area contributed by atoms with Gasteiger partial charge in [0.25, 0.3) is 0 Å². The minimum Gasteiger partial charge on any atom is -0.497 e. The molecule has 11 heteroatoms. The Morgan fingerprint density at radius 2 is 1.79 bits per heavy atom. The SMILES string of the molecule is COc1ccc([CH]CN2CCC(Oc3ncnc4c3cnn4-c3ccc(S(C)(=O)=O)cc3)CC2)c(OC)c1. The smallest absolute Gasteiger partial charge is 0.228 e. The first-order valence-corrected chi connectivity index (χ1v) is 14.2. The van der Waals surface area contributed by atoms with E-state index in [0.717, 1.165) is 49.5 Å². The van der Waals surface area contributed by atoms with Gasteiger partial charge in [0, 0.05) is 38.4 Å². The van der Waals surface area contributed by atoms with Crippen molar-refractivity contribution in [1.29, 1.82) is 0 Å². The maximum Gasteiger partial charge on any atom is 0.228 e. The largest absolute Gasteiger partial charge is 0.497 e. The van der Waals surface area contributed by atoms with Gasteiger partial charge in [-0.1, -0.05) is 6.07 Å². The first-order chi connectivity index (χ1) is 18.4. The molecular formula is C27H30N5O5S. The highest BCUT2D eigenvalue weighted by atomic mass is 32.2. The Labute approximate surface area is 222 Å². The molecule has 3 heterocycles. The lowest BCUT2D eigenvalue weighted by Crippen LogP contribution is -2.39. The molecule has 0 atom stereocenters. The topological polar surface area (TPSA) is 109 Å². The third-order valence-electron chi connectivity index (χ3n) is 6.66. The van der Waals surface area contributed by atoms with Gasteiger partial charge in [0.2, 0.25) is 5.88 Å². The number of benzene rings is 2. The molecule has 0 unspecified atom stereocenters. The Kier molecular flexibility index (Phi) is 7.48. The monoisotopic (exact) mass is 536 g/mol. The second kappa shape index (κ2) is 11.0. The van der Waals surface area contributed by atoms with Gasteiger partial charge in [-0.2, -0.15) is 5.10 Å². The van der Waals surface area contributed by atoms with E-state index >= 15 is 0 Å². The molecular weight excluding hydrogens is 506 g/mol. The highest BCUT2D eigenvalue weighted by molar-refractivity contribution is 7.90. The Hall–Kier alpha value is -3.70. The third-order valence-corrected chi connectivity index (χ3v) is 7.79.